The highest BCUT2D eigenvalue weighted by Crippen LogP contribution is 2.31. The van der Waals surface area contributed by atoms with Gasteiger partial charge < -0.3 is 5.73 Å². The van der Waals surface area contributed by atoms with Crippen LogP contribution in [0.15, 0.2) is 59.1 Å². The Hall–Kier alpha value is -0.770. The van der Waals surface area contributed by atoms with Crippen LogP contribution in [-0.4, -0.2) is 6.54 Å². The normalized spacial score (nSPS) is 12.3. The average molecular weight is 322 g/mol. The van der Waals surface area contributed by atoms with Crippen LogP contribution < -0.4 is 5.73 Å². The van der Waals surface area contributed by atoms with Crippen LogP contribution in [0, 0.1) is 0 Å². The molecular formula is C15H16BrNS. The number of hydrogen-bond acceptors (Lipinski definition) is 2. The summed E-state index contributed by atoms with van der Waals surface area (Å²) in [6, 6.07) is 18.9. The van der Waals surface area contributed by atoms with Crippen molar-refractivity contribution in [2.75, 3.05) is 6.54 Å². The first kappa shape index (κ1) is 13.7. The second-order valence-electron chi connectivity index (χ2n) is 4.07. The number of benzene rings is 2. The van der Waals surface area contributed by atoms with Crippen molar-refractivity contribution in [1.29, 1.82) is 0 Å². The molecule has 0 aliphatic rings. The molecule has 0 spiro atoms. The smallest absolute Gasteiger partial charge is 0.0423 e. The summed E-state index contributed by atoms with van der Waals surface area (Å²) in [6.45, 7) is 0.666. The lowest BCUT2D eigenvalue weighted by Gasteiger charge is -2.15. The monoisotopic (exact) mass is 321 g/mol. The first-order valence-electron chi connectivity index (χ1n) is 5.90. The van der Waals surface area contributed by atoms with Gasteiger partial charge >= 0.3 is 0 Å². The molecule has 0 saturated carbocycles. The van der Waals surface area contributed by atoms with Gasteiger partial charge in [0.05, 0.1) is 0 Å². The molecule has 0 saturated heterocycles. The van der Waals surface area contributed by atoms with Crippen molar-refractivity contribution in [2.45, 2.75) is 11.0 Å². The van der Waals surface area contributed by atoms with E-state index in [1.807, 2.05) is 17.8 Å². The van der Waals surface area contributed by atoms with Crippen molar-refractivity contribution in [2.24, 2.45) is 5.73 Å². The number of nitrogens with two attached hydrogens (primary N) is 1. The molecule has 1 nitrogen and oxygen atoms in total. The molecule has 0 aliphatic carbocycles. The molecule has 2 N–H and O–H groups in total. The third-order valence-electron chi connectivity index (χ3n) is 2.75. The zero-order valence-electron chi connectivity index (χ0n) is 10.1. The van der Waals surface area contributed by atoms with Crippen LogP contribution in [0.1, 0.15) is 16.4 Å². The van der Waals surface area contributed by atoms with E-state index in [0.29, 0.717) is 11.8 Å². The molecule has 0 aliphatic heterocycles. The third kappa shape index (κ3) is 3.87. The first-order valence-corrected chi connectivity index (χ1v) is 7.75. The molecule has 0 aromatic heterocycles. The van der Waals surface area contributed by atoms with E-state index in [2.05, 4.69) is 64.5 Å². The Bertz CT molecular complexity index is 470. The second kappa shape index (κ2) is 6.98. The molecule has 1 atom stereocenters. The summed E-state index contributed by atoms with van der Waals surface area (Å²) < 4.78 is 1.11. The van der Waals surface area contributed by atoms with Gasteiger partial charge in [0.2, 0.25) is 0 Å². The van der Waals surface area contributed by atoms with Gasteiger partial charge in [-0.15, -0.1) is 11.8 Å². The predicted molar refractivity (Wildman–Crippen MR) is 83.7 cm³/mol. The zero-order chi connectivity index (χ0) is 12.8. The van der Waals surface area contributed by atoms with E-state index in [0.717, 1.165) is 10.2 Å². The standard InChI is InChI=1S/C15H16BrNS/c16-14-8-6-13(7-9-14)15(10-17)18-11-12-4-2-1-3-5-12/h1-9,15H,10-11,17H2. The maximum atomic E-state index is 5.87. The van der Waals surface area contributed by atoms with E-state index < -0.39 is 0 Å². The lowest BCUT2D eigenvalue weighted by Crippen LogP contribution is -2.09. The Morgan fingerprint density at radius 2 is 1.67 bits per heavy atom. The molecule has 0 fully saturated rings. The van der Waals surface area contributed by atoms with Crippen LogP contribution in [0.3, 0.4) is 0 Å². The molecule has 18 heavy (non-hydrogen) atoms. The lowest BCUT2D eigenvalue weighted by molar-refractivity contribution is 0.940. The van der Waals surface area contributed by atoms with Crippen LogP contribution in [0.4, 0.5) is 0 Å². The van der Waals surface area contributed by atoms with Crippen LogP contribution in [-0.2, 0) is 5.75 Å². The van der Waals surface area contributed by atoms with Crippen LogP contribution in [0.2, 0.25) is 0 Å². The van der Waals surface area contributed by atoms with Crippen LogP contribution in [0.25, 0.3) is 0 Å². The van der Waals surface area contributed by atoms with Gasteiger partial charge in [-0.25, -0.2) is 0 Å². The van der Waals surface area contributed by atoms with E-state index in [4.69, 9.17) is 5.73 Å². The molecular weight excluding hydrogens is 306 g/mol. The molecule has 2 aromatic rings. The first-order chi connectivity index (χ1) is 8.79. The predicted octanol–water partition coefficient (Wildman–Crippen LogP) is 4.38. The highest BCUT2D eigenvalue weighted by Gasteiger charge is 2.10. The summed E-state index contributed by atoms with van der Waals surface area (Å²) in [5, 5.41) is 0.360. The molecule has 2 aromatic carbocycles. The summed E-state index contributed by atoms with van der Waals surface area (Å²) in [4.78, 5) is 0. The quantitative estimate of drug-likeness (QED) is 0.884. The Labute approximate surface area is 121 Å². The van der Waals surface area contributed by atoms with Gasteiger partial charge in [0.1, 0.15) is 0 Å². The fraction of sp³-hybridized carbons (Fsp3) is 0.200. The van der Waals surface area contributed by atoms with E-state index >= 15 is 0 Å². The minimum Gasteiger partial charge on any atom is -0.329 e. The van der Waals surface area contributed by atoms with Crippen molar-refractivity contribution in [1.82, 2.24) is 0 Å². The maximum absolute atomic E-state index is 5.87. The molecule has 3 heteroatoms. The molecule has 0 bridgehead atoms. The van der Waals surface area contributed by atoms with Gasteiger partial charge in [0.25, 0.3) is 0 Å². The summed E-state index contributed by atoms with van der Waals surface area (Å²) >= 11 is 5.35. The molecule has 1 unspecified atom stereocenters. The Kier molecular flexibility index (Phi) is 5.29. The summed E-state index contributed by atoms with van der Waals surface area (Å²) in [5.74, 6) is 0.999. The van der Waals surface area contributed by atoms with Gasteiger partial charge in [-0.3, -0.25) is 0 Å². The summed E-state index contributed by atoms with van der Waals surface area (Å²) in [5.41, 5.74) is 8.51. The van der Waals surface area contributed by atoms with Crippen molar-refractivity contribution < 1.29 is 0 Å². The van der Waals surface area contributed by atoms with Crippen molar-refractivity contribution in [3.63, 3.8) is 0 Å². The molecule has 0 amide bonds. The second-order valence-corrected chi connectivity index (χ2v) is 6.18. The number of halogens is 1. The molecule has 94 valence electrons. The van der Waals surface area contributed by atoms with E-state index in [-0.39, 0.29) is 0 Å². The highest BCUT2D eigenvalue weighted by atomic mass is 79.9. The number of hydrogen-bond donors (Lipinski definition) is 1. The minimum atomic E-state index is 0.360. The molecule has 2 rings (SSSR count). The van der Waals surface area contributed by atoms with Crippen molar-refractivity contribution >= 4 is 27.7 Å². The maximum Gasteiger partial charge on any atom is 0.0423 e. The number of rotatable bonds is 5. The topological polar surface area (TPSA) is 26.0 Å². The van der Waals surface area contributed by atoms with Gasteiger partial charge in [0, 0.05) is 22.0 Å². The van der Waals surface area contributed by atoms with Crippen LogP contribution in [0.5, 0.6) is 0 Å². The lowest BCUT2D eigenvalue weighted by atomic mass is 10.1. The SMILES string of the molecule is NCC(SCc1ccccc1)c1ccc(Br)cc1. The fourth-order valence-electron chi connectivity index (χ4n) is 1.75. The largest absolute Gasteiger partial charge is 0.329 e. The Morgan fingerprint density at radius 3 is 2.28 bits per heavy atom. The van der Waals surface area contributed by atoms with Crippen molar-refractivity contribution in [3.05, 3.63) is 70.2 Å². The highest BCUT2D eigenvalue weighted by molar-refractivity contribution is 9.10. The summed E-state index contributed by atoms with van der Waals surface area (Å²) in [7, 11) is 0. The van der Waals surface area contributed by atoms with Crippen LogP contribution >= 0.6 is 27.7 Å². The van der Waals surface area contributed by atoms with Gasteiger partial charge in [-0.05, 0) is 23.3 Å². The molecule has 0 heterocycles. The van der Waals surface area contributed by atoms with Crippen molar-refractivity contribution in [3.8, 4) is 0 Å². The van der Waals surface area contributed by atoms with E-state index in [1.165, 1.54) is 11.1 Å². The van der Waals surface area contributed by atoms with Gasteiger partial charge in [-0.2, -0.15) is 0 Å². The zero-order valence-corrected chi connectivity index (χ0v) is 12.5. The van der Waals surface area contributed by atoms with E-state index in [9.17, 15) is 0 Å². The molecule has 0 radical (unpaired) electrons. The van der Waals surface area contributed by atoms with Gasteiger partial charge in [0.15, 0.2) is 0 Å². The minimum absolute atomic E-state index is 0.360. The number of thioether (sulfide) groups is 1. The average Bonchev–Trinajstić information content (AvgIpc) is 2.42. The summed E-state index contributed by atoms with van der Waals surface area (Å²) in [6.07, 6.45) is 0. The van der Waals surface area contributed by atoms with Gasteiger partial charge in [-0.1, -0.05) is 58.4 Å². The fourth-order valence-corrected chi connectivity index (χ4v) is 3.08. The Balaban J connectivity index is 1.99. The Morgan fingerprint density at radius 1 is 1.00 bits per heavy atom. The third-order valence-corrected chi connectivity index (χ3v) is 4.65. The van der Waals surface area contributed by atoms with E-state index in [1.54, 1.807) is 0 Å².